The Morgan fingerprint density at radius 1 is 1.00 bits per heavy atom. The summed E-state index contributed by atoms with van der Waals surface area (Å²) in [5.74, 6) is 0.0116. The van der Waals surface area contributed by atoms with Crippen molar-refractivity contribution in [3.8, 4) is 0 Å². The third-order valence-corrected chi connectivity index (χ3v) is 6.83. The maximum absolute atomic E-state index is 13.1. The summed E-state index contributed by atoms with van der Waals surface area (Å²) in [7, 11) is 0. The SMILES string of the molecule is Cc1c(C(=O)OCC(C)C)sc2ncnc(Nc3ccc4c(c3)C(=O)c3ccccc3C4=O)c12. The second kappa shape index (κ2) is 8.46. The van der Waals surface area contributed by atoms with Gasteiger partial charge in [-0.3, -0.25) is 9.59 Å². The van der Waals surface area contributed by atoms with Crippen LogP contribution >= 0.6 is 11.3 Å². The van der Waals surface area contributed by atoms with Crippen LogP contribution in [0, 0.1) is 12.8 Å². The number of nitrogens with zero attached hydrogens (tertiary/aromatic N) is 2. The first-order chi connectivity index (χ1) is 16.3. The van der Waals surface area contributed by atoms with Crippen molar-refractivity contribution in [2.45, 2.75) is 20.8 Å². The number of carbonyl (C=O) groups is 3. The molecule has 2 aromatic heterocycles. The van der Waals surface area contributed by atoms with Crippen LogP contribution in [0.25, 0.3) is 10.2 Å². The Morgan fingerprint density at radius 2 is 1.68 bits per heavy atom. The second-order valence-corrected chi connectivity index (χ2v) is 9.54. The molecular weight excluding hydrogens is 450 g/mol. The van der Waals surface area contributed by atoms with Crippen molar-refractivity contribution in [3.63, 3.8) is 0 Å². The summed E-state index contributed by atoms with van der Waals surface area (Å²) in [5, 5.41) is 3.96. The number of ether oxygens (including phenoxy) is 1. The third kappa shape index (κ3) is 3.66. The van der Waals surface area contributed by atoms with E-state index >= 15 is 0 Å². The molecule has 0 bridgehead atoms. The van der Waals surface area contributed by atoms with Crippen LogP contribution in [0.15, 0.2) is 48.8 Å². The molecule has 2 aromatic carbocycles. The highest BCUT2D eigenvalue weighted by molar-refractivity contribution is 7.20. The summed E-state index contributed by atoms with van der Waals surface area (Å²) in [6.45, 7) is 6.14. The van der Waals surface area contributed by atoms with Crippen LogP contribution in [0.1, 0.15) is 60.9 Å². The minimum atomic E-state index is -0.378. The first-order valence-corrected chi connectivity index (χ1v) is 11.7. The standard InChI is InChI=1S/C26H21N3O4S/c1-13(2)11-33-26(32)23-14(3)20-24(27-12-28-25(20)34-23)29-15-8-9-18-19(10-15)22(31)17-7-5-4-6-16(17)21(18)30/h4-10,12-13H,11H2,1-3H3,(H,27,28,29). The van der Waals surface area contributed by atoms with Crippen LogP contribution in [0.3, 0.4) is 0 Å². The van der Waals surface area contributed by atoms with E-state index in [0.717, 1.165) is 10.9 Å². The van der Waals surface area contributed by atoms with Crippen LogP contribution in [0.4, 0.5) is 11.5 Å². The van der Waals surface area contributed by atoms with Gasteiger partial charge in [0.1, 0.15) is 21.9 Å². The van der Waals surface area contributed by atoms with Crippen molar-refractivity contribution >= 4 is 50.6 Å². The number of esters is 1. The molecule has 0 unspecified atom stereocenters. The quantitative estimate of drug-likeness (QED) is 0.346. The van der Waals surface area contributed by atoms with E-state index in [1.54, 1.807) is 42.5 Å². The van der Waals surface area contributed by atoms with E-state index in [4.69, 9.17) is 4.74 Å². The molecule has 4 aromatic rings. The molecule has 170 valence electrons. The molecule has 5 rings (SSSR count). The van der Waals surface area contributed by atoms with E-state index in [2.05, 4.69) is 15.3 Å². The highest BCUT2D eigenvalue weighted by atomic mass is 32.1. The molecule has 8 heteroatoms. The number of rotatable bonds is 5. The second-order valence-electron chi connectivity index (χ2n) is 8.54. The normalized spacial score (nSPS) is 12.6. The Kier molecular flexibility index (Phi) is 5.45. The number of hydrogen-bond acceptors (Lipinski definition) is 8. The number of ketones is 2. The van der Waals surface area contributed by atoms with Gasteiger partial charge in [-0.15, -0.1) is 11.3 Å². The highest BCUT2D eigenvalue weighted by Crippen LogP contribution is 2.36. The van der Waals surface area contributed by atoms with Gasteiger partial charge in [-0.2, -0.15) is 0 Å². The molecule has 1 aliphatic carbocycles. The number of thiophene rings is 1. The zero-order valence-corrected chi connectivity index (χ0v) is 19.7. The van der Waals surface area contributed by atoms with Crippen LogP contribution < -0.4 is 5.32 Å². The maximum Gasteiger partial charge on any atom is 0.348 e. The molecule has 2 heterocycles. The van der Waals surface area contributed by atoms with Gasteiger partial charge in [0, 0.05) is 27.9 Å². The van der Waals surface area contributed by atoms with Crippen LogP contribution in [-0.2, 0) is 4.74 Å². The summed E-state index contributed by atoms with van der Waals surface area (Å²) in [5.41, 5.74) is 2.88. The number of aromatic nitrogens is 2. The number of nitrogens with one attached hydrogen (secondary N) is 1. The number of carbonyl (C=O) groups excluding carboxylic acids is 3. The fourth-order valence-corrected chi connectivity index (χ4v) is 5.03. The first-order valence-electron chi connectivity index (χ1n) is 10.9. The van der Waals surface area contributed by atoms with Crippen LogP contribution in [0.2, 0.25) is 0 Å². The number of aryl methyl sites for hydroxylation is 1. The topological polar surface area (TPSA) is 98.2 Å². The van der Waals surface area contributed by atoms with Crippen molar-refractivity contribution < 1.29 is 19.1 Å². The molecule has 0 amide bonds. The molecule has 0 fully saturated rings. The first kappa shape index (κ1) is 21.9. The van der Waals surface area contributed by atoms with Gasteiger partial charge in [0.2, 0.25) is 0 Å². The minimum Gasteiger partial charge on any atom is -0.461 e. The molecular formula is C26H21N3O4S. The zero-order chi connectivity index (χ0) is 24.0. The lowest BCUT2D eigenvalue weighted by molar-refractivity contribution is 0.0464. The van der Waals surface area contributed by atoms with Gasteiger partial charge in [-0.1, -0.05) is 38.1 Å². The van der Waals surface area contributed by atoms with Gasteiger partial charge in [0.05, 0.1) is 12.0 Å². The highest BCUT2D eigenvalue weighted by Gasteiger charge is 2.29. The number of benzene rings is 2. The van der Waals surface area contributed by atoms with Gasteiger partial charge in [0.15, 0.2) is 11.6 Å². The number of anilines is 2. The maximum atomic E-state index is 13.1. The largest absolute Gasteiger partial charge is 0.461 e. The average molecular weight is 472 g/mol. The molecule has 0 aliphatic heterocycles. The third-order valence-electron chi connectivity index (χ3n) is 5.65. The van der Waals surface area contributed by atoms with Crippen LogP contribution in [-0.4, -0.2) is 34.1 Å². The fraction of sp³-hybridized carbons (Fsp3) is 0.192. The molecule has 34 heavy (non-hydrogen) atoms. The van der Waals surface area contributed by atoms with E-state index in [1.807, 2.05) is 20.8 Å². The Labute approximate surface area is 199 Å². The summed E-state index contributed by atoms with van der Waals surface area (Å²) < 4.78 is 5.40. The lowest BCUT2D eigenvalue weighted by Gasteiger charge is -2.18. The molecule has 0 spiro atoms. The summed E-state index contributed by atoms with van der Waals surface area (Å²) in [6, 6.07) is 11.9. The van der Waals surface area contributed by atoms with Crippen molar-refractivity contribution in [2.75, 3.05) is 11.9 Å². The number of hydrogen-bond donors (Lipinski definition) is 1. The fourth-order valence-electron chi connectivity index (χ4n) is 3.98. The Morgan fingerprint density at radius 3 is 2.38 bits per heavy atom. The molecule has 0 atom stereocenters. The Balaban J connectivity index is 1.50. The van der Waals surface area contributed by atoms with Crippen molar-refractivity contribution in [1.82, 2.24) is 9.97 Å². The summed E-state index contributed by atoms with van der Waals surface area (Å²) in [4.78, 5) is 48.4. The summed E-state index contributed by atoms with van der Waals surface area (Å²) >= 11 is 1.26. The molecule has 7 nitrogen and oxygen atoms in total. The smallest absolute Gasteiger partial charge is 0.348 e. The lowest BCUT2D eigenvalue weighted by atomic mass is 9.84. The van der Waals surface area contributed by atoms with Crippen molar-refractivity contribution in [1.29, 1.82) is 0 Å². The minimum absolute atomic E-state index is 0.167. The van der Waals surface area contributed by atoms with E-state index in [0.29, 0.717) is 50.1 Å². The number of fused-ring (bicyclic) bond motifs is 3. The van der Waals surface area contributed by atoms with Crippen molar-refractivity contribution in [2.24, 2.45) is 5.92 Å². The van der Waals surface area contributed by atoms with Gasteiger partial charge < -0.3 is 10.1 Å². The van der Waals surface area contributed by atoms with Gasteiger partial charge in [-0.25, -0.2) is 14.8 Å². The van der Waals surface area contributed by atoms with Gasteiger partial charge in [-0.05, 0) is 36.6 Å². The van der Waals surface area contributed by atoms with Gasteiger partial charge in [0.25, 0.3) is 0 Å². The van der Waals surface area contributed by atoms with Crippen molar-refractivity contribution in [3.05, 3.63) is 81.5 Å². The molecule has 1 N–H and O–H groups in total. The predicted molar refractivity (Wildman–Crippen MR) is 130 cm³/mol. The predicted octanol–water partition coefficient (Wildman–Crippen LogP) is 5.33. The zero-order valence-electron chi connectivity index (χ0n) is 18.8. The molecule has 0 radical (unpaired) electrons. The monoisotopic (exact) mass is 471 g/mol. The molecule has 0 saturated carbocycles. The van der Waals surface area contributed by atoms with E-state index in [9.17, 15) is 14.4 Å². The lowest BCUT2D eigenvalue weighted by Crippen LogP contribution is -2.20. The Hall–Kier alpha value is -3.91. The van der Waals surface area contributed by atoms with E-state index in [1.165, 1.54) is 17.7 Å². The van der Waals surface area contributed by atoms with E-state index in [-0.39, 0.29) is 23.5 Å². The molecule has 0 saturated heterocycles. The molecule has 1 aliphatic rings. The van der Waals surface area contributed by atoms with Crippen LogP contribution in [0.5, 0.6) is 0 Å². The van der Waals surface area contributed by atoms with Gasteiger partial charge >= 0.3 is 5.97 Å². The Bertz CT molecular complexity index is 1490. The van der Waals surface area contributed by atoms with E-state index < -0.39 is 0 Å². The summed E-state index contributed by atoms with van der Waals surface area (Å²) in [6.07, 6.45) is 1.42. The average Bonchev–Trinajstić information content (AvgIpc) is 3.18.